The highest BCUT2D eigenvalue weighted by Crippen LogP contribution is 2.19. The molecule has 0 saturated heterocycles. The lowest BCUT2D eigenvalue weighted by atomic mass is 10.5. The molecule has 2 aromatic heterocycles. The molecule has 2 rings (SSSR count). The second-order valence-corrected chi connectivity index (χ2v) is 5.46. The number of aryl methyl sites for hydroxylation is 1. The number of hydrogen-bond acceptors (Lipinski definition) is 3. The standard InChI is InChI=1S/C6H3I3N4/c1-13-6-2(3(7)12-13)10-4(8)5(9)11-6/h1H3. The SMILES string of the molecule is Cn1nc(I)c2nc(I)c(I)nc21. The van der Waals surface area contributed by atoms with Crippen molar-refractivity contribution in [2.45, 2.75) is 0 Å². The molecule has 0 aliphatic heterocycles. The third-order valence-corrected chi connectivity index (χ3v) is 4.80. The van der Waals surface area contributed by atoms with Crippen LogP contribution in [0.5, 0.6) is 0 Å². The van der Waals surface area contributed by atoms with Crippen LogP contribution in [0.25, 0.3) is 11.2 Å². The van der Waals surface area contributed by atoms with Gasteiger partial charge in [0.2, 0.25) is 0 Å². The number of hydrogen-bond donors (Lipinski definition) is 0. The van der Waals surface area contributed by atoms with Crippen molar-refractivity contribution < 1.29 is 0 Å². The number of fused-ring (bicyclic) bond motifs is 1. The van der Waals surface area contributed by atoms with Crippen molar-refractivity contribution in [1.29, 1.82) is 0 Å². The van der Waals surface area contributed by atoms with Crippen LogP contribution in [0.4, 0.5) is 0 Å². The molecule has 0 aliphatic rings. The van der Waals surface area contributed by atoms with E-state index in [1.807, 2.05) is 7.05 Å². The molecule has 2 aromatic rings. The minimum Gasteiger partial charge on any atom is -0.248 e. The molecule has 0 unspecified atom stereocenters. The molecule has 0 bridgehead atoms. The summed E-state index contributed by atoms with van der Waals surface area (Å²) in [5, 5.41) is 4.24. The van der Waals surface area contributed by atoms with Gasteiger partial charge < -0.3 is 0 Å². The smallest absolute Gasteiger partial charge is 0.178 e. The first-order valence-corrected chi connectivity index (χ1v) is 6.54. The van der Waals surface area contributed by atoms with Crippen molar-refractivity contribution in [3.05, 3.63) is 11.1 Å². The van der Waals surface area contributed by atoms with Gasteiger partial charge in [0.1, 0.15) is 12.9 Å². The van der Waals surface area contributed by atoms with E-state index in [-0.39, 0.29) is 0 Å². The average molecular weight is 512 g/mol. The molecule has 13 heavy (non-hydrogen) atoms. The maximum absolute atomic E-state index is 4.42. The van der Waals surface area contributed by atoms with Crippen LogP contribution >= 0.6 is 67.8 Å². The van der Waals surface area contributed by atoms with E-state index in [0.29, 0.717) is 0 Å². The highest BCUT2D eigenvalue weighted by molar-refractivity contribution is 14.1. The lowest BCUT2D eigenvalue weighted by Gasteiger charge is -1.95. The summed E-state index contributed by atoms with van der Waals surface area (Å²) in [6.07, 6.45) is 0. The fraction of sp³-hybridized carbons (Fsp3) is 0.167. The van der Waals surface area contributed by atoms with Gasteiger partial charge in [-0.05, 0) is 67.8 Å². The summed E-state index contributed by atoms with van der Waals surface area (Å²) in [6.45, 7) is 0. The second-order valence-electron chi connectivity index (χ2n) is 2.39. The summed E-state index contributed by atoms with van der Waals surface area (Å²) >= 11 is 6.52. The van der Waals surface area contributed by atoms with Gasteiger partial charge in [0.25, 0.3) is 0 Å². The molecular weight excluding hydrogens is 509 g/mol. The second kappa shape index (κ2) is 3.72. The molecule has 7 heteroatoms. The van der Waals surface area contributed by atoms with Crippen molar-refractivity contribution in [2.75, 3.05) is 0 Å². The first-order chi connectivity index (χ1) is 6.09. The zero-order valence-electron chi connectivity index (χ0n) is 6.42. The molecule has 0 aromatic carbocycles. The van der Waals surface area contributed by atoms with E-state index in [4.69, 9.17) is 0 Å². The Labute approximate surface area is 115 Å². The summed E-state index contributed by atoms with van der Waals surface area (Å²) in [5.74, 6) is 0. The fourth-order valence-electron chi connectivity index (χ4n) is 0.977. The molecule has 0 amide bonds. The first kappa shape index (κ1) is 10.3. The Kier molecular flexibility index (Phi) is 2.93. The van der Waals surface area contributed by atoms with Gasteiger partial charge in [0, 0.05) is 7.05 Å². The fourth-order valence-corrected chi connectivity index (χ4v) is 2.37. The molecule has 68 valence electrons. The van der Waals surface area contributed by atoms with Crippen molar-refractivity contribution in [3.8, 4) is 0 Å². The number of rotatable bonds is 0. The predicted octanol–water partition coefficient (Wildman–Crippen LogP) is 2.18. The van der Waals surface area contributed by atoms with Crippen LogP contribution in [0.2, 0.25) is 0 Å². The maximum atomic E-state index is 4.42. The zero-order chi connectivity index (χ0) is 9.59. The Morgan fingerprint density at radius 2 is 1.62 bits per heavy atom. The van der Waals surface area contributed by atoms with Crippen molar-refractivity contribution >= 4 is 78.9 Å². The number of nitrogens with zero attached hydrogens (tertiary/aromatic N) is 4. The third kappa shape index (κ3) is 1.78. The molecule has 0 spiro atoms. The van der Waals surface area contributed by atoms with Gasteiger partial charge in [0.05, 0.1) is 0 Å². The van der Waals surface area contributed by atoms with E-state index < -0.39 is 0 Å². The molecule has 4 nitrogen and oxygen atoms in total. The van der Waals surface area contributed by atoms with E-state index in [0.717, 1.165) is 22.3 Å². The normalized spacial score (nSPS) is 11.1. The van der Waals surface area contributed by atoms with E-state index >= 15 is 0 Å². The van der Waals surface area contributed by atoms with Crippen molar-refractivity contribution in [2.24, 2.45) is 7.05 Å². The van der Waals surface area contributed by atoms with Gasteiger partial charge in [-0.25, -0.2) is 14.6 Å². The first-order valence-electron chi connectivity index (χ1n) is 3.31. The summed E-state index contributed by atoms with van der Waals surface area (Å²) in [7, 11) is 1.88. The summed E-state index contributed by atoms with van der Waals surface area (Å²) in [5.41, 5.74) is 1.72. The minimum absolute atomic E-state index is 0.842. The van der Waals surface area contributed by atoms with Crippen molar-refractivity contribution in [1.82, 2.24) is 19.7 Å². The largest absolute Gasteiger partial charge is 0.248 e. The predicted molar refractivity (Wildman–Crippen MR) is 74.5 cm³/mol. The topological polar surface area (TPSA) is 43.6 Å². The van der Waals surface area contributed by atoms with Crippen LogP contribution in [0, 0.1) is 11.1 Å². The van der Waals surface area contributed by atoms with E-state index in [1.54, 1.807) is 4.68 Å². The average Bonchev–Trinajstić information content (AvgIpc) is 2.31. The van der Waals surface area contributed by atoms with E-state index in [2.05, 4.69) is 82.8 Å². The number of halogens is 3. The van der Waals surface area contributed by atoms with Gasteiger partial charge in [-0.3, -0.25) is 0 Å². The Morgan fingerprint density at radius 1 is 1.00 bits per heavy atom. The summed E-state index contributed by atoms with van der Waals surface area (Å²) < 4.78 is 4.50. The van der Waals surface area contributed by atoms with Crippen LogP contribution in [0.3, 0.4) is 0 Å². The summed E-state index contributed by atoms with van der Waals surface area (Å²) in [4.78, 5) is 8.83. The van der Waals surface area contributed by atoms with Crippen LogP contribution in [0.1, 0.15) is 0 Å². The van der Waals surface area contributed by atoms with Crippen molar-refractivity contribution in [3.63, 3.8) is 0 Å². The van der Waals surface area contributed by atoms with Gasteiger partial charge in [0.15, 0.2) is 9.35 Å². The lowest BCUT2D eigenvalue weighted by molar-refractivity contribution is 0.776. The van der Waals surface area contributed by atoms with Crippen LogP contribution in [0.15, 0.2) is 0 Å². The highest BCUT2D eigenvalue weighted by atomic mass is 127. The van der Waals surface area contributed by atoms with Crippen LogP contribution < -0.4 is 0 Å². The van der Waals surface area contributed by atoms with Gasteiger partial charge in [-0.15, -0.1) is 0 Å². The molecule has 0 saturated carbocycles. The molecule has 0 radical (unpaired) electrons. The van der Waals surface area contributed by atoms with Crippen LogP contribution in [-0.4, -0.2) is 19.7 Å². The van der Waals surface area contributed by atoms with Crippen LogP contribution in [-0.2, 0) is 7.05 Å². The van der Waals surface area contributed by atoms with Gasteiger partial charge in [-0.1, -0.05) is 0 Å². The highest BCUT2D eigenvalue weighted by Gasteiger charge is 2.11. The Hall–Kier alpha value is 0.740. The lowest BCUT2D eigenvalue weighted by Crippen LogP contribution is -1.96. The molecule has 2 heterocycles. The van der Waals surface area contributed by atoms with E-state index in [9.17, 15) is 0 Å². The zero-order valence-corrected chi connectivity index (χ0v) is 12.9. The van der Waals surface area contributed by atoms with Gasteiger partial charge >= 0.3 is 0 Å². The van der Waals surface area contributed by atoms with E-state index in [1.165, 1.54) is 0 Å². The number of aromatic nitrogens is 4. The molecule has 0 aliphatic carbocycles. The Bertz CT molecular complexity index is 436. The molecule has 0 N–H and O–H groups in total. The maximum Gasteiger partial charge on any atom is 0.178 e. The molecule has 0 atom stereocenters. The summed E-state index contributed by atoms with van der Waals surface area (Å²) in [6, 6.07) is 0. The monoisotopic (exact) mass is 512 g/mol. The minimum atomic E-state index is 0.842. The Morgan fingerprint density at radius 3 is 2.31 bits per heavy atom. The Balaban J connectivity index is 2.91. The molecule has 0 fully saturated rings. The van der Waals surface area contributed by atoms with Gasteiger partial charge in [-0.2, -0.15) is 5.10 Å². The quantitative estimate of drug-likeness (QED) is 0.509. The molecular formula is C6H3I3N4. The third-order valence-electron chi connectivity index (χ3n) is 1.54.